The fourth-order valence-corrected chi connectivity index (χ4v) is 2.78. The van der Waals surface area contributed by atoms with Gasteiger partial charge in [-0.1, -0.05) is 69.3 Å². The van der Waals surface area contributed by atoms with Crippen LogP contribution in [0.1, 0.15) is 31.9 Å². The van der Waals surface area contributed by atoms with E-state index in [-0.39, 0.29) is 17.3 Å². The summed E-state index contributed by atoms with van der Waals surface area (Å²) in [6, 6.07) is 17.7. The first kappa shape index (κ1) is 15.7. The molecule has 1 atom stereocenters. The molecule has 0 radical (unpaired) electrons. The molecule has 112 valence electrons. The Balaban J connectivity index is 2.28. The highest BCUT2D eigenvalue weighted by Crippen LogP contribution is 2.29. The summed E-state index contributed by atoms with van der Waals surface area (Å²) in [5, 5.41) is 3.53. The molecule has 0 heterocycles. The third-order valence-electron chi connectivity index (χ3n) is 4.22. The number of hydrogen-bond donors (Lipinski definition) is 1. The minimum Gasteiger partial charge on any atom is -0.313 e. The summed E-state index contributed by atoms with van der Waals surface area (Å²) in [5.41, 5.74) is 1.97. The van der Waals surface area contributed by atoms with E-state index in [1.807, 2.05) is 18.2 Å². The Kier molecular flexibility index (Phi) is 5.13. The van der Waals surface area contributed by atoms with Gasteiger partial charge in [0.15, 0.2) is 0 Å². The van der Waals surface area contributed by atoms with Gasteiger partial charge in [-0.3, -0.25) is 0 Å². The lowest BCUT2D eigenvalue weighted by atomic mass is 9.75. The molecule has 2 heteroatoms. The Morgan fingerprint density at radius 2 is 1.62 bits per heavy atom. The second-order valence-electron chi connectivity index (χ2n) is 5.99. The summed E-state index contributed by atoms with van der Waals surface area (Å²) in [4.78, 5) is 0. The van der Waals surface area contributed by atoms with Crippen LogP contribution in [0.5, 0.6) is 0 Å². The minimum atomic E-state index is -0.121. The third-order valence-corrected chi connectivity index (χ3v) is 4.22. The van der Waals surface area contributed by atoms with E-state index >= 15 is 0 Å². The summed E-state index contributed by atoms with van der Waals surface area (Å²) < 4.78 is 14.0. The van der Waals surface area contributed by atoms with E-state index in [2.05, 4.69) is 50.4 Å². The van der Waals surface area contributed by atoms with E-state index in [1.165, 1.54) is 11.6 Å². The van der Waals surface area contributed by atoms with E-state index in [4.69, 9.17) is 0 Å². The highest BCUT2D eigenvalue weighted by Gasteiger charge is 2.31. The van der Waals surface area contributed by atoms with Crippen molar-refractivity contribution in [2.24, 2.45) is 0 Å². The van der Waals surface area contributed by atoms with Crippen LogP contribution in [-0.4, -0.2) is 12.6 Å². The average molecular weight is 285 g/mol. The molecular weight excluding hydrogens is 261 g/mol. The van der Waals surface area contributed by atoms with Gasteiger partial charge in [0.25, 0.3) is 0 Å². The van der Waals surface area contributed by atoms with Crippen LogP contribution < -0.4 is 5.32 Å². The Hall–Kier alpha value is -1.67. The van der Waals surface area contributed by atoms with Gasteiger partial charge in [0.05, 0.1) is 0 Å². The topological polar surface area (TPSA) is 12.0 Å². The van der Waals surface area contributed by atoms with Crippen molar-refractivity contribution in [3.63, 3.8) is 0 Å². The average Bonchev–Trinajstić information content (AvgIpc) is 2.50. The fraction of sp³-hybridized carbons (Fsp3) is 0.368. The molecule has 0 aliphatic rings. The van der Waals surface area contributed by atoms with E-state index in [0.717, 1.165) is 12.1 Å². The Morgan fingerprint density at radius 1 is 1.00 bits per heavy atom. The molecule has 1 N–H and O–H groups in total. The van der Waals surface area contributed by atoms with Gasteiger partial charge in [-0.15, -0.1) is 0 Å². The van der Waals surface area contributed by atoms with E-state index in [1.54, 1.807) is 6.07 Å². The highest BCUT2D eigenvalue weighted by atomic mass is 19.1. The van der Waals surface area contributed by atoms with Crippen molar-refractivity contribution in [1.29, 1.82) is 0 Å². The first-order valence-corrected chi connectivity index (χ1v) is 7.58. The zero-order valence-electron chi connectivity index (χ0n) is 13.1. The van der Waals surface area contributed by atoms with Crippen LogP contribution in [0, 0.1) is 5.82 Å². The molecule has 0 spiro atoms. The van der Waals surface area contributed by atoms with Crippen LogP contribution in [0.4, 0.5) is 4.39 Å². The van der Waals surface area contributed by atoms with Crippen molar-refractivity contribution in [2.75, 3.05) is 6.54 Å². The van der Waals surface area contributed by atoms with Gasteiger partial charge in [-0.05, 0) is 30.2 Å². The lowest BCUT2D eigenvalue weighted by Gasteiger charge is -2.36. The summed E-state index contributed by atoms with van der Waals surface area (Å²) in [6.45, 7) is 7.40. The Labute approximate surface area is 127 Å². The van der Waals surface area contributed by atoms with Crippen molar-refractivity contribution in [2.45, 2.75) is 38.6 Å². The van der Waals surface area contributed by atoms with Gasteiger partial charge in [0, 0.05) is 11.5 Å². The molecule has 2 aromatic carbocycles. The van der Waals surface area contributed by atoms with Gasteiger partial charge < -0.3 is 5.32 Å². The molecule has 1 unspecified atom stereocenters. The second-order valence-corrected chi connectivity index (χ2v) is 5.99. The number of hydrogen-bond acceptors (Lipinski definition) is 1. The van der Waals surface area contributed by atoms with Crippen LogP contribution in [-0.2, 0) is 11.8 Å². The monoisotopic (exact) mass is 285 g/mol. The van der Waals surface area contributed by atoms with Crippen LogP contribution in [0.15, 0.2) is 54.6 Å². The predicted molar refractivity (Wildman–Crippen MR) is 87.0 cm³/mol. The quantitative estimate of drug-likeness (QED) is 0.833. The molecule has 21 heavy (non-hydrogen) atoms. The molecule has 0 saturated carbocycles. The summed E-state index contributed by atoms with van der Waals surface area (Å²) in [6.07, 6.45) is 0.683. The van der Waals surface area contributed by atoms with Crippen LogP contribution >= 0.6 is 0 Å². The number of rotatable bonds is 6. The SMILES string of the molecule is CCNC(Cc1ccccc1F)C(C)(C)c1ccccc1. The number of nitrogens with one attached hydrogen (secondary N) is 1. The molecule has 0 aliphatic heterocycles. The number of benzene rings is 2. The van der Waals surface area contributed by atoms with Gasteiger partial charge in [-0.2, -0.15) is 0 Å². The minimum absolute atomic E-state index is 0.0699. The van der Waals surface area contributed by atoms with Crippen molar-refractivity contribution >= 4 is 0 Å². The largest absolute Gasteiger partial charge is 0.313 e. The molecule has 0 bridgehead atoms. The summed E-state index contributed by atoms with van der Waals surface area (Å²) in [7, 11) is 0. The van der Waals surface area contributed by atoms with E-state index in [0.29, 0.717) is 6.42 Å². The highest BCUT2D eigenvalue weighted by molar-refractivity contribution is 5.28. The van der Waals surface area contributed by atoms with E-state index < -0.39 is 0 Å². The zero-order valence-corrected chi connectivity index (χ0v) is 13.1. The molecular formula is C19H24FN. The fourth-order valence-electron chi connectivity index (χ4n) is 2.78. The maximum absolute atomic E-state index is 14.0. The summed E-state index contributed by atoms with van der Waals surface area (Å²) in [5.74, 6) is -0.121. The van der Waals surface area contributed by atoms with Gasteiger partial charge in [0.1, 0.15) is 5.82 Å². The first-order chi connectivity index (χ1) is 10.1. The standard InChI is InChI=1S/C19H24FN/c1-4-21-18(14-15-10-8-9-13-17(15)20)19(2,3)16-11-6-5-7-12-16/h5-13,18,21H,4,14H2,1-3H3. The molecule has 1 nitrogen and oxygen atoms in total. The maximum Gasteiger partial charge on any atom is 0.126 e. The lowest BCUT2D eigenvalue weighted by molar-refractivity contribution is 0.340. The molecule has 0 amide bonds. The lowest BCUT2D eigenvalue weighted by Crippen LogP contribution is -2.46. The normalized spacial score (nSPS) is 13.1. The summed E-state index contributed by atoms with van der Waals surface area (Å²) >= 11 is 0. The van der Waals surface area contributed by atoms with Crippen molar-refractivity contribution in [1.82, 2.24) is 5.32 Å². The van der Waals surface area contributed by atoms with E-state index in [9.17, 15) is 4.39 Å². The number of halogens is 1. The molecule has 0 aliphatic carbocycles. The van der Waals surface area contributed by atoms with Crippen molar-refractivity contribution in [3.8, 4) is 0 Å². The van der Waals surface area contributed by atoms with Crippen molar-refractivity contribution < 1.29 is 4.39 Å². The first-order valence-electron chi connectivity index (χ1n) is 7.58. The van der Waals surface area contributed by atoms with Crippen LogP contribution in [0.3, 0.4) is 0 Å². The number of likely N-dealkylation sites (N-methyl/N-ethyl adjacent to an activating group) is 1. The molecule has 0 fully saturated rings. The molecule has 0 aromatic heterocycles. The van der Waals surface area contributed by atoms with Crippen molar-refractivity contribution in [3.05, 3.63) is 71.5 Å². The van der Waals surface area contributed by atoms with Gasteiger partial charge in [-0.25, -0.2) is 4.39 Å². The maximum atomic E-state index is 14.0. The molecule has 2 rings (SSSR count). The Bertz CT molecular complexity index is 563. The smallest absolute Gasteiger partial charge is 0.126 e. The van der Waals surface area contributed by atoms with Crippen LogP contribution in [0.2, 0.25) is 0 Å². The predicted octanol–water partition coefficient (Wildman–Crippen LogP) is 4.32. The van der Waals surface area contributed by atoms with Gasteiger partial charge >= 0.3 is 0 Å². The van der Waals surface area contributed by atoms with Crippen LogP contribution in [0.25, 0.3) is 0 Å². The third kappa shape index (κ3) is 3.70. The Morgan fingerprint density at radius 3 is 2.24 bits per heavy atom. The van der Waals surface area contributed by atoms with Gasteiger partial charge in [0.2, 0.25) is 0 Å². The zero-order chi connectivity index (χ0) is 15.3. The molecule has 2 aromatic rings. The second kappa shape index (κ2) is 6.86. The molecule has 0 saturated heterocycles.